The van der Waals surface area contributed by atoms with Gasteiger partial charge in [-0.05, 0) is 0 Å². The molecule has 0 heterocycles. The number of hydrogen-bond acceptors (Lipinski definition) is 0. The maximum atomic E-state index is 0. The van der Waals surface area contributed by atoms with E-state index in [-0.39, 0.29) is 53.0 Å². The first-order valence-electron chi connectivity index (χ1n) is 0. The molecule has 0 unspecified atom stereocenters. The van der Waals surface area contributed by atoms with Gasteiger partial charge in [-0.15, -0.1) is 0 Å². The second kappa shape index (κ2) is 9110. The van der Waals surface area contributed by atoms with Gasteiger partial charge in [0.25, 0.3) is 0 Å². The first-order chi connectivity index (χ1) is 0. The van der Waals surface area contributed by atoms with E-state index in [4.69, 9.17) is 0 Å². The molecule has 0 aliphatic rings. The van der Waals surface area contributed by atoms with Crippen molar-refractivity contribution < 1.29 is 23.3 Å². The van der Waals surface area contributed by atoms with Crippen molar-refractivity contribution in [1.29, 1.82) is 0 Å². The third kappa shape index (κ3) is 5340. The molecule has 0 aliphatic heterocycles. The van der Waals surface area contributed by atoms with Gasteiger partial charge in [-0.1, -0.05) is 29.7 Å². The van der Waals surface area contributed by atoms with E-state index in [2.05, 4.69) is 0 Å². The van der Waals surface area contributed by atoms with Crippen LogP contribution in [-0.4, -0.2) is 21.9 Å². The fourth-order valence-electron chi connectivity index (χ4n) is 0. The minimum Gasteiger partial charge on any atom is -0.412 e. The van der Waals surface area contributed by atoms with Crippen molar-refractivity contribution in [1.82, 2.24) is 0 Å². The molecule has 4 nitrogen and oxygen atoms in total. The molecule has 0 saturated carbocycles. The standard InChI is InChI=1S/4CH4.4H2O.H2/h4*1H4;4*1H2;1H. The van der Waals surface area contributed by atoms with Crippen LogP contribution in [-0.2, 0) is 0 Å². The van der Waals surface area contributed by atoms with Crippen molar-refractivity contribution in [2.24, 2.45) is 0 Å². The average Bonchev–Trinajstić information content (AvgIpc) is 0. The summed E-state index contributed by atoms with van der Waals surface area (Å²) < 4.78 is 0. The molecule has 8 heavy (non-hydrogen) atoms. The molecule has 0 fully saturated rings. The molecule has 0 rings (SSSR count). The fraction of sp³-hybridized carbons (Fsp3) is 1.00. The first-order valence-corrected chi connectivity index (χ1v) is 0. The summed E-state index contributed by atoms with van der Waals surface area (Å²) in [5.41, 5.74) is 0. The fourth-order valence-corrected chi connectivity index (χ4v) is 0. The molecule has 8 N–H and O–H groups in total. The Bertz CT molecular complexity index is 12.5. The molecule has 0 aromatic carbocycles. The van der Waals surface area contributed by atoms with Gasteiger partial charge >= 0.3 is 0 Å². The van der Waals surface area contributed by atoms with Crippen LogP contribution in [0.5, 0.6) is 0 Å². The highest BCUT2D eigenvalue weighted by molar-refractivity contribution is 2.51. The zero-order chi connectivity index (χ0) is 0. The zero-order valence-corrected chi connectivity index (χ0v) is 2.00. The van der Waals surface area contributed by atoms with Crippen molar-refractivity contribution >= 4 is 0 Å². The lowest BCUT2D eigenvalue weighted by Gasteiger charge is -0.413. The largest absolute Gasteiger partial charge is 0.412 e. The molecule has 0 saturated heterocycles. The molecule has 4 heteroatoms. The van der Waals surface area contributed by atoms with Gasteiger partial charge in [0.05, 0.1) is 0 Å². The molecule has 0 amide bonds. The van der Waals surface area contributed by atoms with Crippen molar-refractivity contribution in [2.45, 2.75) is 29.7 Å². The Balaban J connectivity index is 0. The Morgan fingerprint density at radius 3 is 0.375 bits per heavy atom. The number of rotatable bonds is 0. The predicted molar refractivity (Wildman–Crippen MR) is 43.5 cm³/mol. The highest BCUT2D eigenvalue weighted by atomic mass is 16.0. The maximum absolute atomic E-state index is 0. The topological polar surface area (TPSA) is 126 Å². The Labute approximate surface area is 54.3 Å². The van der Waals surface area contributed by atoms with Gasteiger partial charge in [0.15, 0.2) is 0 Å². The summed E-state index contributed by atoms with van der Waals surface area (Å²) in [5.74, 6) is 0. The lowest BCUT2D eigenvalue weighted by Crippen LogP contribution is -0.290. The van der Waals surface area contributed by atoms with Crippen LogP contribution in [0.3, 0.4) is 0 Å². The van der Waals surface area contributed by atoms with Crippen LogP contribution in [0.4, 0.5) is 0 Å². The Morgan fingerprint density at radius 2 is 0.375 bits per heavy atom. The summed E-state index contributed by atoms with van der Waals surface area (Å²) in [6.07, 6.45) is 0. The van der Waals surface area contributed by atoms with Crippen LogP contribution < -0.4 is 0 Å². The molecular weight excluding hydrogens is 112 g/mol. The van der Waals surface area contributed by atoms with Gasteiger partial charge in [-0.2, -0.15) is 0 Å². The molecule has 66 valence electrons. The van der Waals surface area contributed by atoms with Crippen LogP contribution in [0.15, 0.2) is 0 Å². The van der Waals surface area contributed by atoms with E-state index < -0.39 is 0 Å². The Kier molecular flexibility index (Phi) is 16300000. The van der Waals surface area contributed by atoms with Crippen molar-refractivity contribution in [3.63, 3.8) is 0 Å². The van der Waals surface area contributed by atoms with Gasteiger partial charge < -0.3 is 21.9 Å². The van der Waals surface area contributed by atoms with Gasteiger partial charge in [0, 0.05) is 1.43 Å². The van der Waals surface area contributed by atoms with Gasteiger partial charge in [-0.3, -0.25) is 0 Å². The summed E-state index contributed by atoms with van der Waals surface area (Å²) in [7, 11) is 0. The highest BCUT2D eigenvalue weighted by Crippen LogP contribution is 0.147. The minimum atomic E-state index is 0. The number of hydrogen-bond donors (Lipinski definition) is 0. The molecule has 0 aromatic rings. The smallest absolute Gasteiger partial charge is 0 e. The van der Waals surface area contributed by atoms with E-state index in [1.54, 1.807) is 0 Å². The zero-order valence-electron chi connectivity index (χ0n) is 2.00. The second-order valence-corrected chi connectivity index (χ2v) is 0. The van der Waals surface area contributed by atoms with Crippen molar-refractivity contribution in [3.8, 4) is 0 Å². The Hall–Kier alpha value is -0.160. The van der Waals surface area contributed by atoms with Crippen molar-refractivity contribution in [3.05, 3.63) is 0 Å². The van der Waals surface area contributed by atoms with Gasteiger partial charge in [-0.25, -0.2) is 0 Å². The normalized spacial score (nSPS) is 0. The molecule has 0 atom stereocenters. The summed E-state index contributed by atoms with van der Waals surface area (Å²) in [6.45, 7) is 0. The first kappa shape index (κ1) is 14300. The SMILES string of the molecule is C.C.C.C.O.O.O.O.[HH]. The van der Waals surface area contributed by atoms with Crippen LogP contribution in [0.2, 0.25) is 0 Å². The Morgan fingerprint density at radius 1 is 0.375 bits per heavy atom. The van der Waals surface area contributed by atoms with E-state index in [0.29, 0.717) is 0 Å². The average molecular weight is 138 g/mol. The van der Waals surface area contributed by atoms with E-state index in [1.807, 2.05) is 0 Å². The minimum absolute atomic E-state index is 0. The third-order valence-electron chi connectivity index (χ3n) is 0. The third-order valence-corrected chi connectivity index (χ3v) is 0. The highest BCUT2D eigenvalue weighted by Gasteiger charge is -0.0745. The summed E-state index contributed by atoms with van der Waals surface area (Å²) >= 11 is 0. The van der Waals surface area contributed by atoms with E-state index in [1.165, 1.54) is 0 Å². The van der Waals surface area contributed by atoms with Crippen LogP contribution in [0.1, 0.15) is 31.1 Å². The summed E-state index contributed by atoms with van der Waals surface area (Å²) in [6, 6.07) is 0. The van der Waals surface area contributed by atoms with E-state index in [9.17, 15) is 0 Å². The van der Waals surface area contributed by atoms with E-state index in [0.717, 1.165) is 0 Å². The lowest BCUT2D eigenvalue weighted by molar-refractivity contribution is 0.823. The summed E-state index contributed by atoms with van der Waals surface area (Å²) in [4.78, 5) is 0. The maximum Gasteiger partial charge on any atom is 0 e. The second-order valence-electron chi connectivity index (χ2n) is 0. The quantitative estimate of drug-likeness (QED) is 0.427. The van der Waals surface area contributed by atoms with Crippen LogP contribution in [0.25, 0.3) is 0 Å². The van der Waals surface area contributed by atoms with Gasteiger partial charge in [0.2, 0.25) is 0 Å². The van der Waals surface area contributed by atoms with Crippen molar-refractivity contribution in [2.75, 3.05) is 0 Å². The van der Waals surface area contributed by atoms with Crippen LogP contribution >= 0.6 is 0 Å². The predicted octanol–water partition coefficient (Wildman–Crippen LogP) is -0.508. The summed E-state index contributed by atoms with van der Waals surface area (Å²) in [5, 5.41) is 0. The molecule has 0 spiro atoms. The monoisotopic (exact) mass is 138 g/mol. The van der Waals surface area contributed by atoms with Crippen LogP contribution in [0, 0.1) is 0 Å². The van der Waals surface area contributed by atoms with Gasteiger partial charge in [0.1, 0.15) is 0 Å². The molecule has 0 radical (unpaired) electrons. The molecule has 0 aromatic heterocycles. The lowest BCUT2D eigenvalue weighted by atomic mass is 12.0. The van der Waals surface area contributed by atoms with E-state index >= 15 is 0 Å². The molecular formula is C4H26O4. The molecule has 0 aliphatic carbocycles. The molecule has 0 bridgehead atoms.